The van der Waals surface area contributed by atoms with E-state index in [1.807, 2.05) is 18.2 Å². The van der Waals surface area contributed by atoms with E-state index in [4.69, 9.17) is 16.3 Å². The Bertz CT molecular complexity index is 1030. The van der Waals surface area contributed by atoms with Gasteiger partial charge in [0.15, 0.2) is 5.16 Å². The Kier molecular flexibility index (Phi) is 5.23. The van der Waals surface area contributed by atoms with Crippen LogP contribution in [-0.2, 0) is 16.9 Å². The van der Waals surface area contributed by atoms with Gasteiger partial charge in [0.2, 0.25) is 0 Å². The lowest BCUT2D eigenvalue weighted by Crippen LogP contribution is -2.22. The number of ether oxygens (including phenoxy) is 1. The molecule has 0 aliphatic carbocycles. The largest absolute Gasteiger partial charge is 0.354 e. The van der Waals surface area contributed by atoms with Crippen LogP contribution in [0.15, 0.2) is 66.6 Å². The molecule has 0 amide bonds. The van der Waals surface area contributed by atoms with Crippen molar-refractivity contribution in [2.75, 3.05) is 5.75 Å². The van der Waals surface area contributed by atoms with Crippen LogP contribution in [0.3, 0.4) is 0 Å². The number of thioether (sulfide) groups is 1. The minimum Gasteiger partial charge on any atom is -0.354 e. The molecule has 2 aromatic carbocycles. The fourth-order valence-corrected chi connectivity index (χ4v) is 4.14. The molecule has 0 spiro atoms. The van der Waals surface area contributed by atoms with Gasteiger partial charge in [-0.2, -0.15) is 5.10 Å². The first-order valence-corrected chi connectivity index (χ1v) is 9.91. The van der Waals surface area contributed by atoms with Gasteiger partial charge >= 0.3 is 0 Å². The molecule has 0 unspecified atom stereocenters. The summed E-state index contributed by atoms with van der Waals surface area (Å²) in [6.45, 7) is 3.92. The van der Waals surface area contributed by atoms with Gasteiger partial charge in [-0.15, -0.1) is 6.58 Å². The van der Waals surface area contributed by atoms with Crippen molar-refractivity contribution in [2.24, 2.45) is 0 Å². The van der Waals surface area contributed by atoms with Crippen LogP contribution in [0.1, 0.15) is 17.2 Å². The first-order chi connectivity index (χ1) is 13.5. The van der Waals surface area contributed by atoms with E-state index in [0.717, 1.165) is 11.6 Å². The lowest BCUT2D eigenvalue weighted by molar-refractivity contribution is 0.250. The van der Waals surface area contributed by atoms with Gasteiger partial charge in [-0.05, 0) is 12.1 Å². The van der Waals surface area contributed by atoms with Crippen LogP contribution >= 0.6 is 23.4 Å². The SMILES string of the molecule is C=CCSc1ncnn1C[C@]1(c2ccc(F)cc2F)O[C@@H]1c1ccccc1Cl. The number of epoxide rings is 1. The molecule has 1 aliphatic heterocycles. The second-order valence-corrected chi connectivity index (χ2v) is 7.73. The fraction of sp³-hybridized carbons (Fsp3) is 0.200. The minimum atomic E-state index is -1.06. The van der Waals surface area contributed by atoms with Crippen molar-refractivity contribution in [3.8, 4) is 0 Å². The van der Waals surface area contributed by atoms with E-state index in [1.165, 1.54) is 30.2 Å². The van der Waals surface area contributed by atoms with E-state index in [1.54, 1.807) is 16.8 Å². The maximum atomic E-state index is 14.7. The van der Waals surface area contributed by atoms with Crippen LogP contribution in [0.2, 0.25) is 5.02 Å². The molecule has 28 heavy (non-hydrogen) atoms. The summed E-state index contributed by atoms with van der Waals surface area (Å²) in [7, 11) is 0. The van der Waals surface area contributed by atoms with Crippen molar-refractivity contribution in [1.29, 1.82) is 0 Å². The maximum Gasteiger partial charge on any atom is 0.186 e. The standard InChI is InChI=1S/C20H16ClF2N3OS/c1-2-9-28-19-24-12-25-26(19)11-20(15-8-7-13(22)10-17(15)23)18(27-20)14-5-3-4-6-16(14)21/h2-8,10,12,18H,1,9,11H2/t18-,20-/m1/s1. The molecule has 3 aromatic rings. The average Bonchev–Trinajstić information content (AvgIpc) is 3.21. The van der Waals surface area contributed by atoms with Crippen LogP contribution in [0, 0.1) is 11.6 Å². The topological polar surface area (TPSA) is 43.2 Å². The van der Waals surface area contributed by atoms with E-state index in [0.29, 0.717) is 15.9 Å². The molecule has 2 heterocycles. The minimum absolute atomic E-state index is 0.213. The highest BCUT2D eigenvalue weighted by molar-refractivity contribution is 7.99. The number of aromatic nitrogens is 3. The molecule has 0 saturated carbocycles. The summed E-state index contributed by atoms with van der Waals surface area (Å²) in [4.78, 5) is 4.24. The molecule has 0 bridgehead atoms. The van der Waals surface area contributed by atoms with E-state index in [2.05, 4.69) is 16.7 Å². The molecule has 1 fully saturated rings. The molecule has 4 nitrogen and oxygen atoms in total. The first-order valence-electron chi connectivity index (χ1n) is 8.54. The number of benzene rings is 2. The van der Waals surface area contributed by atoms with Crippen LogP contribution < -0.4 is 0 Å². The molecular weight excluding hydrogens is 404 g/mol. The zero-order valence-corrected chi connectivity index (χ0v) is 16.3. The second kappa shape index (κ2) is 7.66. The molecule has 1 aliphatic rings. The maximum absolute atomic E-state index is 14.7. The molecule has 1 aromatic heterocycles. The number of hydrogen-bond donors (Lipinski definition) is 0. The van der Waals surface area contributed by atoms with Crippen molar-refractivity contribution in [1.82, 2.24) is 14.8 Å². The number of halogens is 3. The fourth-order valence-electron chi connectivity index (χ4n) is 3.25. The summed E-state index contributed by atoms with van der Waals surface area (Å²) in [5.74, 6) is -0.657. The van der Waals surface area contributed by atoms with E-state index in [-0.39, 0.29) is 12.1 Å². The monoisotopic (exact) mass is 419 g/mol. The highest BCUT2D eigenvalue weighted by Crippen LogP contribution is 2.59. The van der Waals surface area contributed by atoms with Gasteiger partial charge in [-0.1, -0.05) is 53.7 Å². The van der Waals surface area contributed by atoms with E-state index in [9.17, 15) is 8.78 Å². The van der Waals surface area contributed by atoms with Crippen molar-refractivity contribution in [3.63, 3.8) is 0 Å². The highest BCUT2D eigenvalue weighted by atomic mass is 35.5. The molecule has 2 atom stereocenters. The smallest absolute Gasteiger partial charge is 0.186 e. The first kappa shape index (κ1) is 19.1. The molecule has 0 radical (unpaired) electrons. The molecule has 1 saturated heterocycles. The second-order valence-electron chi connectivity index (χ2n) is 6.33. The normalized spacial score (nSPS) is 20.9. The third-order valence-corrected chi connectivity index (χ3v) is 5.89. The average molecular weight is 420 g/mol. The van der Waals surface area contributed by atoms with Crippen molar-refractivity contribution in [3.05, 3.63) is 89.2 Å². The van der Waals surface area contributed by atoms with Gasteiger partial charge in [-0.25, -0.2) is 18.4 Å². The lowest BCUT2D eigenvalue weighted by atomic mass is 9.91. The summed E-state index contributed by atoms with van der Waals surface area (Å²) >= 11 is 7.80. The van der Waals surface area contributed by atoms with Crippen LogP contribution in [0.5, 0.6) is 0 Å². The van der Waals surface area contributed by atoms with Gasteiger partial charge in [0.1, 0.15) is 29.7 Å². The van der Waals surface area contributed by atoms with Crippen LogP contribution in [0.4, 0.5) is 8.78 Å². The predicted molar refractivity (Wildman–Crippen MR) is 104 cm³/mol. The summed E-state index contributed by atoms with van der Waals surface area (Å²) in [5, 5.41) is 5.45. The number of nitrogens with zero attached hydrogens (tertiary/aromatic N) is 3. The number of hydrogen-bond acceptors (Lipinski definition) is 4. The highest BCUT2D eigenvalue weighted by Gasteiger charge is 2.61. The van der Waals surface area contributed by atoms with Crippen molar-refractivity contribution in [2.45, 2.75) is 23.4 Å². The lowest BCUT2D eigenvalue weighted by Gasteiger charge is -2.16. The molecule has 0 N–H and O–H groups in total. The Morgan fingerprint density at radius 3 is 2.86 bits per heavy atom. The summed E-state index contributed by atoms with van der Waals surface area (Å²) < 4.78 is 35.9. The zero-order valence-electron chi connectivity index (χ0n) is 14.7. The zero-order chi connectivity index (χ0) is 19.7. The molecule has 144 valence electrons. The Balaban J connectivity index is 1.75. The Morgan fingerprint density at radius 1 is 1.29 bits per heavy atom. The Morgan fingerprint density at radius 2 is 2.11 bits per heavy atom. The van der Waals surface area contributed by atoms with Crippen molar-refractivity contribution >= 4 is 23.4 Å². The Hall–Kier alpha value is -2.22. The van der Waals surface area contributed by atoms with Gasteiger partial charge in [-0.3, -0.25) is 0 Å². The number of rotatable bonds is 7. The third kappa shape index (κ3) is 3.45. The van der Waals surface area contributed by atoms with Gasteiger partial charge in [0.25, 0.3) is 0 Å². The Labute approximate surface area is 170 Å². The van der Waals surface area contributed by atoms with E-state index < -0.39 is 23.3 Å². The van der Waals surface area contributed by atoms with Gasteiger partial charge in [0.05, 0.1) is 6.54 Å². The molecule has 8 heteroatoms. The van der Waals surface area contributed by atoms with Gasteiger partial charge < -0.3 is 4.74 Å². The quantitative estimate of drug-likeness (QED) is 0.301. The van der Waals surface area contributed by atoms with Crippen LogP contribution in [0.25, 0.3) is 0 Å². The summed E-state index contributed by atoms with van der Waals surface area (Å²) in [5.41, 5.74) is -0.0535. The molecule has 4 rings (SSSR count). The third-order valence-electron chi connectivity index (χ3n) is 4.56. The van der Waals surface area contributed by atoms with Crippen LogP contribution in [-0.4, -0.2) is 20.5 Å². The summed E-state index contributed by atoms with van der Waals surface area (Å²) in [6, 6.07) is 10.7. The molecular formula is C20H16ClF2N3OS. The van der Waals surface area contributed by atoms with Gasteiger partial charge in [0, 0.05) is 28.0 Å². The van der Waals surface area contributed by atoms with Crippen molar-refractivity contribution < 1.29 is 13.5 Å². The summed E-state index contributed by atoms with van der Waals surface area (Å²) in [6.07, 6.45) is 2.72. The van der Waals surface area contributed by atoms with E-state index >= 15 is 0 Å². The predicted octanol–water partition coefficient (Wildman–Crippen LogP) is 5.15.